The van der Waals surface area contributed by atoms with Crippen molar-refractivity contribution in [3.05, 3.63) is 53.4 Å². The molecular formula is C16H12F4N4O3. The number of ether oxygens (including phenoxy) is 1. The molecule has 11 heteroatoms. The van der Waals surface area contributed by atoms with E-state index in [4.69, 9.17) is 4.74 Å². The third kappa shape index (κ3) is 4.37. The fourth-order valence-electron chi connectivity index (χ4n) is 2.21. The lowest BCUT2D eigenvalue weighted by molar-refractivity contribution is -0.159. The summed E-state index contributed by atoms with van der Waals surface area (Å²) >= 11 is 0. The van der Waals surface area contributed by atoms with Crippen molar-refractivity contribution in [3.8, 4) is 11.4 Å². The molecular weight excluding hydrogens is 372 g/mol. The standard InChI is InChI=1S/C16H12F4N4O3/c1-24-6-9(5-21-24)7-26-8-13(25)10-2-3-11(12(17)4-10)14-22-15(27-23-14)16(18,19)20/h2-6H,7-8H2,1H3. The highest BCUT2D eigenvalue weighted by atomic mass is 19.4. The molecule has 3 rings (SSSR count). The van der Waals surface area contributed by atoms with Crippen LogP contribution in [-0.2, 0) is 24.6 Å². The number of aryl methyl sites for hydroxylation is 1. The van der Waals surface area contributed by atoms with Crippen LogP contribution in [0, 0.1) is 5.82 Å². The van der Waals surface area contributed by atoms with Crippen molar-refractivity contribution in [1.29, 1.82) is 0 Å². The van der Waals surface area contributed by atoms with Gasteiger partial charge in [-0.25, -0.2) is 4.39 Å². The highest BCUT2D eigenvalue weighted by Gasteiger charge is 2.38. The van der Waals surface area contributed by atoms with Crippen molar-refractivity contribution >= 4 is 5.78 Å². The van der Waals surface area contributed by atoms with Crippen LogP contribution in [0.4, 0.5) is 17.6 Å². The van der Waals surface area contributed by atoms with E-state index in [1.54, 1.807) is 24.1 Å². The zero-order valence-electron chi connectivity index (χ0n) is 13.8. The number of benzene rings is 1. The van der Waals surface area contributed by atoms with Crippen molar-refractivity contribution in [2.24, 2.45) is 7.05 Å². The molecule has 2 aromatic heterocycles. The number of aromatic nitrogens is 4. The van der Waals surface area contributed by atoms with E-state index in [1.165, 1.54) is 6.07 Å². The summed E-state index contributed by atoms with van der Waals surface area (Å²) in [6.07, 6.45) is -1.53. The minimum Gasteiger partial charge on any atom is -0.368 e. The Morgan fingerprint density at radius 3 is 2.70 bits per heavy atom. The summed E-state index contributed by atoms with van der Waals surface area (Å²) in [5.74, 6) is -3.59. The number of halogens is 4. The SMILES string of the molecule is Cn1cc(COCC(=O)c2ccc(-c3noc(C(F)(F)F)n3)c(F)c2)cn1. The van der Waals surface area contributed by atoms with E-state index in [0.29, 0.717) is 0 Å². The van der Waals surface area contributed by atoms with E-state index >= 15 is 0 Å². The molecule has 0 radical (unpaired) electrons. The molecule has 3 aromatic rings. The molecule has 0 aliphatic rings. The lowest BCUT2D eigenvalue weighted by Gasteiger charge is -2.04. The van der Waals surface area contributed by atoms with Gasteiger partial charge < -0.3 is 9.26 Å². The van der Waals surface area contributed by atoms with Crippen LogP contribution in [0.2, 0.25) is 0 Å². The average Bonchev–Trinajstić information content (AvgIpc) is 3.23. The van der Waals surface area contributed by atoms with Crippen LogP contribution in [0.3, 0.4) is 0 Å². The molecule has 27 heavy (non-hydrogen) atoms. The second-order valence-electron chi connectivity index (χ2n) is 5.55. The summed E-state index contributed by atoms with van der Waals surface area (Å²) in [6.45, 7) is -0.142. The van der Waals surface area contributed by atoms with Gasteiger partial charge in [-0.1, -0.05) is 11.2 Å². The second-order valence-corrected chi connectivity index (χ2v) is 5.55. The molecule has 0 atom stereocenters. The number of carbonyl (C=O) groups excluding carboxylic acids is 1. The van der Waals surface area contributed by atoms with Gasteiger partial charge in [-0.2, -0.15) is 23.3 Å². The van der Waals surface area contributed by atoms with Gasteiger partial charge in [-0.05, 0) is 12.1 Å². The third-order valence-electron chi connectivity index (χ3n) is 3.46. The molecule has 142 valence electrons. The Bertz CT molecular complexity index is 965. The van der Waals surface area contributed by atoms with Crippen LogP contribution >= 0.6 is 0 Å². The number of ketones is 1. The van der Waals surface area contributed by atoms with Crippen LogP contribution in [-0.4, -0.2) is 32.3 Å². The van der Waals surface area contributed by atoms with Crippen LogP contribution in [0.1, 0.15) is 21.8 Å². The Morgan fingerprint density at radius 2 is 2.11 bits per heavy atom. The first kappa shape index (κ1) is 18.7. The maximum Gasteiger partial charge on any atom is 0.471 e. The molecule has 7 nitrogen and oxygen atoms in total. The van der Waals surface area contributed by atoms with E-state index in [9.17, 15) is 22.4 Å². The lowest BCUT2D eigenvalue weighted by atomic mass is 10.1. The van der Waals surface area contributed by atoms with Gasteiger partial charge in [0.15, 0.2) is 5.78 Å². The number of nitrogens with zero attached hydrogens (tertiary/aromatic N) is 4. The molecule has 0 aliphatic heterocycles. The first-order valence-corrected chi connectivity index (χ1v) is 7.53. The maximum atomic E-state index is 14.2. The first-order valence-electron chi connectivity index (χ1n) is 7.53. The summed E-state index contributed by atoms with van der Waals surface area (Å²) < 4.78 is 62.5. The molecule has 1 aromatic carbocycles. The van der Waals surface area contributed by atoms with Gasteiger partial charge in [0, 0.05) is 24.4 Å². The fourth-order valence-corrected chi connectivity index (χ4v) is 2.21. The second kappa shape index (κ2) is 7.27. The molecule has 0 spiro atoms. The quantitative estimate of drug-likeness (QED) is 0.480. The van der Waals surface area contributed by atoms with Crippen LogP contribution in [0.5, 0.6) is 0 Å². The van der Waals surface area contributed by atoms with Gasteiger partial charge in [0.1, 0.15) is 12.4 Å². The zero-order valence-corrected chi connectivity index (χ0v) is 13.8. The molecule has 0 unspecified atom stereocenters. The van der Waals surface area contributed by atoms with E-state index in [-0.39, 0.29) is 24.3 Å². The zero-order chi connectivity index (χ0) is 19.6. The topological polar surface area (TPSA) is 83.0 Å². The predicted octanol–water partition coefficient (Wildman–Crippen LogP) is 3.03. The summed E-state index contributed by atoms with van der Waals surface area (Å²) in [5, 5.41) is 7.06. The molecule has 0 bridgehead atoms. The van der Waals surface area contributed by atoms with E-state index in [1.807, 2.05) is 0 Å². The van der Waals surface area contributed by atoms with Gasteiger partial charge in [0.25, 0.3) is 0 Å². The van der Waals surface area contributed by atoms with Crippen LogP contribution in [0.15, 0.2) is 35.1 Å². The highest BCUT2D eigenvalue weighted by molar-refractivity contribution is 5.97. The van der Waals surface area contributed by atoms with Crippen molar-refractivity contribution in [2.75, 3.05) is 6.61 Å². The molecule has 2 heterocycles. The highest BCUT2D eigenvalue weighted by Crippen LogP contribution is 2.30. The smallest absolute Gasteiger partial charge is 0.368 e. The normalized spacial score (nSPS) is 11.7. The molecule has 0 saturated heterocycles. The molecule has 0 amide bonds. The third-order valence-corrected chi connectivity index (χ3v) is 3.46. The van der Waals surface area contributed by atoms with Gasteiger partial charge in [0.05, 0.1) is 18.4 Å². The van der Waals surface area contributed by atoms with Crippen molar-refractivity contribution in [1.82, 2.24) is 19.9 Å². The van der Waals surface area contributed by atoms with Gasteiger partial charge >= 0.3 is 12.1 Å². The van der Waals surface area contributed by atoms with E-state index in [2.05, 4.69) is 19.8 Å². The van der Waals surface area contributed by atoms with Crippen molar-refractivity contribution in [3.63, 3.8) is 0 Å². The van der Waals surface area contributed by atoms with E-state index in [0.717, 1.165) is 17.7 Å². The van der Waals surface area contributed by atoms with Crippen molar-refractivity contribution in [2.45, 2.75) is 12.8 Å². The monoisotopic (exact) mass is 384 g/mol. The largest absolute Gasteiger partial charge is 0.471 e. The number of hydrogen-bond acceptors (Lipinski definition) is 6. The fraction of sp³-hybridized carbons (Fsp3) is 0.250. The number of rotatable bonds is 6. The lowest BCUT2D eigenvalue weighted by Crippen LogP contribution is -2.09. The number of hydrogen-bond donors (Lipinski definition) is 0. The summed E-state index contributed by atoms with van der Waals surface area (Å²) in [6, 6.07) is 3.24. The first-order chi connectivity index (χ1) is 12.7. The van der Waals surface area contributed by atoms with Gasteiger partial charge in [-0.3, -0.25) is 9.48 Å². The summed E-state index contributed by atoms with van der Waals surface area (Å²) in [4.78, 5) is 15.2. The Kier molecular flexibility index (Phi) is 5.04. The maximum absolute atomic E-state index is 14.2. The van der Waals surface area contributed by atoms with Gasteiger partial charge in [0.2, 0.25) is 5.82 Å². The Balaban J connectivity index is 1.66. The molecule has 0 aliphatic carbocycles. The predicted molar refractivity (Wildman–Crippen MR) is 81.9 cm³/mol. The Morgan fingerprint density at radius 1 is 1.33 bits per heavy atom. The van der Waals surface area contributed by atoms with E-state index < -0.39 is 29.5 Å². The Hall–Kier alpha value is -3.08. The van der Waals surface area contributed by atoms with Crippen LogP contribution < -0.4 is 0 Å². The number of alkyl halides is 3. The molecule has 0 saturated carbocycles. The number of carbonyl (C=O) groups is 1. The van der Waals surface area contributed by atoms with Gasteiger partial charge in [-0.15, -0.1) is 0 Å². The molecule has 0 N–H and O–H groups in total. The minimum atomic E-state index is -4.83. The summed E-state index contributed by atoms with van der Waals surface area (Å²) in [7, 11) is 1.74. The summed E-state index contributed by atoms with van der Waals surface area (Å²) in [5.41, 5.74) is 0.452. The Labute approximate surface area is 149 Å². The van der Waals surface area contributed by atoms with Crippen molar-refractivity contribution < 1.29 is 31.6 Å². The minimum absolute atomic E-state index is 0.00183. The number of Topliss-reactive ketones (excluding diaryl/α,β-unsaturated/α-hetero) is 1. The average molecular weight is 384 g/mol. The molecule has 0 fully saturated rings. The van der Waals surface area contributed by atoms with Crippen LogP contribution in [0.25, 0.3) is 11.4 Å².